The Hall–Kier alpha value is -0.140. The van der Waals surface area contributed by atoms with Crippen LogP contribution in [0.25, 0.3) is 0 Å². The van der Waals surface area contributed by atoms with E-state index in [1.807, 2.05) is 0 Å². The van der Waals surface area contributed by atoms with Crippen molar-refractivity contribution in [2.75, 3.05) is 0 Å². The van der Waals surface area contributed by atoms with Crippen molar-refractivity contribution in [2.24, 2.45) is 17.3 Å². The number of hydrogen-bond donors (Lipinski definition) is 0. The Kier molecular flexibility index (Phi) is 1.94. The van der Waals surface area contributed by atoms with E-state index >= 15 is 0 Å². The second kappa shape index (κ2) is 2.68. The van der Waals surface area contributed by atoms with E-state index in [0.29, 0.717) is 0 Å². The summed E-state index contributed by atoms with van der Waals surface area (Å²) in [6, 6.07) is 0. The van der Waals surface area contributed by atoms with Crippen LogP contribution in [0.3, 0.4) is 0 Å². The van der Waals surface area contributed by atoms with Gasteiger partial charge in [0.25, 0.3) is 0 Å². The van der Waals surface area contributed by atoms with Gasteiger partial charge in [-0.15, -0.1) is 0 Å². The number of halogens is 2. The van der Waals surface area contributed by atoms with Gasteiger partial charge in [0.2, 0.25) is 5.92 Å². The minimum atomic E-state index is -2.32. The molecule has 2 fully saturated rings. The number of alkyl halides is 2. The molecule has 1 spiro atoms. The van der Waals surface area contributed by atoms with Gasteiger partial charge >= 0.3 is 0 Å². The molecular weight excluding hydrogens is 170 g/mol. The molecular formula is C11H18F2. The summed E-state index contributed by atoms with van der Waals surface area (Å²) < 4.78 is 25.3. The summed E-state index contributed by atoms with van der Waals surface area (Å²) in [6.45, 7) is 4.43. The maximum atomic E-state index is 12.7. The molecule has 0 amide bonds. The van der Waals surface area contributed by atoms with Gasteiger partial charge < -0.3 is 0 Å². The van der Waals surface area contributed by atoms with Gasteiger partial charge in [0.15, 0.2) is 0 Å². The van der Waals surface area contributed by atoms with Gasteiger partial charge in [-0.25, -0.2) is 8.78 Å². The molecule has 0 aromatic rings. The third-order valence-corrected chi connectivity index (χ3v) is 4.11. The average molecular weight is 188 g/mol. The normalized spacial score (nSPS) is 32.3. The van der Waals surface area contributed by atoms with E-state index < -0.39 is 5.92 Å². The van der Waals surface area contributed by atoms with E-state index in [-0.39, 0.29) is 18.3 Å². The topological polar surface area (TPSA) is 0 Å². The van der Waals surface area contributed by atoms with Crippen molar-refractivity contribution in [3.05, 3.63) is 0 Å². The highest BCUT2D eigenvalue weighted by Crippen LogP contribution is 2.65. The van der Waals surface area contributed by atoms with Gasteiger partial charge in [-0.1, -0.05) is 20.3 Å². The Balaban J connectivity index is 1.80. The molecule has 0 N–H and O–H groups in total. The minimum Gasteiger partial charge on any atom is -0.207 e. The van der Waals surface area contributed by atoms with Crippen molar-refractivity contribution < 1.29 is 8.78 Å². The van der Waals surface area contributed by atoms with Crippen molar-refractivity contribution in [3.63, 3.8) is 0 Å². The summed E-state index contributed by atoms with van der Waals surface area (Å²) in [5, 5.41) is 0. The first-order valence-corrected chi connectivity index (χ1v) is 5.34. The monoisotopic (exact) mass is 188 g/mol. The molecule has 13 heavy (non-hydrogen) atoms. The van der Waals surface area contributed by atoms with Crippen LogP contribution in [0.2, 0.25) is 0 Å². The predicted octanol–water partition coefficient (Wildman–Crippen LogP) is 3.86. The molecule has 1 atom stereocenters. The predicted molar refractivity (Wildman–Crippen MR) is 48.8 cm³/mol. The van der Waals surface area contributed by atoms with Gasteiger partial charge in [0.1, 0.15) is 0 Å². The van der Waals surface area contributed by atoms with E-state index in [4.69, 9.17) is 0 Å². The maximum absolute atomic E-state index is 12.7. The zero-order chi connectivity index (χ0) is 9.69. The van der Waals surface area contributed by atoms with Crippen molar-refractivity contribution in [2.45, 2.75) is 51.9 Å². The highest BCUT2D eigenvalue weighted by Gasteiger charge is 2.61. The molecule has 1 unspecified atom stereocenters. The lowest BCUT2D eigenvalue weighted by molar-refractivity contribution is -0.212. The van der Waals surface area contributed by atoms with Gasteiger partial charge in [-0.3, -0.25) is 0 Å². The molecule has 0 aromatic carbocycles. The van der Waals surface area contributed by atoms with E-state index in [0.717, 1.165) is 24.7 Å². The highest BCUT2D eigenvalue weighted by molar-refractivity contribution is 5.07. The fourth-order valence-electron chi connectivity index (χ4n) is 3.12. The van der Waals surface area contributed by atoms with Crippen LogP contribution in [0.1, 0.15) is 46.0 Å². The average Bonchev–Trinajstić information content (AvgIpc) is 1.93. The molecule has 2 saturated carbocycles. The number of hydrogen-bond acceptors (Lipinski definition) is 0. The van der Waals surface area contributed by atoms with Crippen LogP contribution < -0.4 is 0 Å². The third kappa shape index (κ3) is 1.49. The van der Waals surface area contributed by atoms with Crippen molar-refractivity contribution >= 4 is 0 Å². The second-order valence-electron chi connectivity index (χ2n) is 5.26. The van der Waals surface area contributed by atoms with E-state index in [1.165, 1.54) is 6.42 Å². The molecule has 0 radical (unpaired) electrons. The zero-order valence-corrected chi connectivity index (χ0v) is 8.45. The van der Waals surface area contributed by atoms with Gasteiger partial charge in [0.05, 0.1) is 0 Å². The number of rotatable bonds is 2. The second-order valence-corrected chi connectivity index (χ2v) is 5.26. The van der Waals surface area contributed by atoms with Gasteiger partial charge in [-0.2, -0.15) is 0 Å². The molecule has 0 nitrogen and oxygen atoms in total. The van der Waals surface area contributed by atoms with Crippen LogP contribution in [-0.2, 0) is 0 Å². The molecule has 2 aliphatic carbocycles. The van der Waals surface area contributed by atoms with E-state index in [1.54, 1.807) is 0 Å². The smallest absolute Gasteiger partial charge is 0.207 e. The first-order valence-electron chi connectivity index (χ1n) is 5.34. The Morgan fingerprint density at radius 2 is 1.85 bits per heavy atom. The molecule has 0 bridgehead atoms. The Bertz CT molecular complexity index is 194. The van der Waals surface area contributed by atoms with Crippen LogP contribution >= 0.6 is 0 Å². The fourth-order valence-corrected chi connectivity index (χ4v) is 3.12. The summed E-state index contributed by atoms with van der Waals surface area (Å²) >= 11 is 0. The zero-order valence-electron chi connectivity index (χ0n) is 8.45. The minimum absolute atomic E-state index is 0.0809. The van der Waals surface area contributed by atoms with Crippen LogP contribution in [0.4, 0.5) is 8.78 Å². The third-order valence-electron chi connectivity index (χ3n) is 4.11. The maximum Gasteiger partial charge on any atom is 0.249 e. The SMILES string of the molecule is CCC(C)C1CC2(C1)CC(F)(F)C2. The van der Waals surface area contributed by atoms with Crippen molar-refractivity contribution in [3.8, 4) is 0 Å². The first-order chi connectivity index (χ1) is 5.96. The quantitative estimate of drug-likeness (QED) is 0.617. The summed E-state index contributed by atoms with van der Waals surface area (Å²) in [5.41, 5.74) is 0.0809. The van der Waals surface area contributed by atoms with Crippen LogP contribution in [0, 0.1) is 17.3 Å². The molecule has 76 valence electrons. The Morgan fingerprint density at radius 1 is 1.31 bits per heavy atom. The van der Waals surface area contributed by atoms with Crippen molar-refractivity contribution in [1.29, 1.82) is 0 Å². The van der Waals surface area contributed by atoms with Crippen LogP contribution in [0.5, 0.6) is 0 Å². The highest BCUT2D eigenvalue weighted by atomic mass is 19.3. The van der Waals surface area contributed by atoms with Crippen LogP contribution in [-0.4, -0.2) is 5.92 Å². The molecule has 2 heteroatoms. The molecule has 2 aliphatic rings. The summed E-state index contributed by atoms with van der Waals surface area (Å²) in [4.78, 5) is 0. The summed E-state index contributed by atoms with van der Waals surface area (Å²) in [6.07, 6.45) is 3.67. The first kappa shape index (κ1) is 9.42. The lowest BCUT2D eigenvalue weighted by Gasteiger charge is -2.58. The fraction of sp³-hybridized carbons (Fsp3) is 1.00. The molecule has 2 rings (SSSR count). The lowest BCUT2D eigenvalue weighted by atomic mass is 9.48. The summed E-state index contributed by atoms with van der Waals surface area (Å²) in [7, 11) is 0. The van der Waals surface area contributed by atoms with Crippen molar-refractivity contribution in [1.82, 2.24) is 0 Å². The summed E-state index contributed by atoms with van der Waals surface area (Å²) in [5.74, 6) is -0.846. The van der Waals surface area contributed by atoms with E-state index in [9.17, 15) is 8.78 Å². The molecule has 0 saturated heterocycles. The Labute approximate surface area is 78.7 Å². The molecule has 0 aromatic heterocycles. The Morgan fingerprint density at radius 3 is 2.23 bits per heavy atom. The standard InChI is InChI=1S/C11H18F2/c1-3-8(2)9-4-10(5-9)6-11(12,13)7-10/h8-9H,3-7H2,1-2H3. The van der Waals surface area contributed by atoms with E-state index in [2.05, 4.69) is 13.8 Å². The van der Waals surface area contributed by atoms with Gasteiger partial charge in [0, 0.05) is 12.8 Å². The molecule has 0 aliphatic heterocycles. The van der Waals surface area contributed by atoms with Gasteiger partial charge in [-0.05, 0) is 30.1 Å². The lowest BCUT2D eigenvalue weighted by Crippen LogP contribution is -2.54. The largest absolute Gasteiger partial charge is 0.249 e. The van der Waals surface area contributed by atoms with Crippen LogP contribution in [0.15, 0.2) is 0 Å². The molecule has 0 heterocycles.